The summed E-state index contributed by atoms with van der Waals surface area (Å²) in [7, 11) is 4.37. The summed E-state index contributed by atoms with van der Waals surface area (Å²) >= 11 is 0. The number of nitrogens with zero attached hydrogens (tertiary/aromatic N) is 1. The Balaban J connectivity index is 0.00000243. The number of carbonyl (C=O) groups is 2. The molecule has 0 amide bonds. The number of esters is 2. The van der Waals surface area contributed by atoms with Gasteiger partial charge in [0.1, 0.15) is 11.2 Å². The zero-order chi connectivity index (χ0) is 18.0. The van der Waals surface area contributed by atoms with Gasteiger partial charge in [0, 0.05) is 31.1 Å². The number of ether oxygens (including phenoxy) is 4. The van der Waals surface area contributed by atoms with E-state index in [1.807, 2.05) is 0 Å². The normalized spacial score (nSPS) is 24.5. The lowest BCUT2D eigenvalue weighted by Crippen LogP contribution is -2.40. The predicted octanol–water partition coefficient (Wildman–Crippen LogP) is 1.52. The molecule has 0 spiro atoms. The Hall–Kier alpha value is -1.83. The molecule has 3 rings (SSSR count). The molecule has 0 aromatic heterocycles. The van der Waals surface area contributed by atoms with E-state index in [0.29, 0.717) is 37.6 Å². The highest BCUT2D eigenvalue weighted by Crippen LogP contribution is 2.43. The lowest BCUT2D eigenvalue weighted by Gasteiger charge is -2.24. The van der Waals surface area contributed by atoms with Crippen LogP contribution in [0.2, 0.25) is 0 Å². The average molecular weight is 386 g/mol. The van der Waals surface area contributed by atoms with Crippen molar-refractivity contribution in [1.82, 2.24) is 4.90 Å². The number of methoxy groups -OCH3 is 3. The Kier molecular flexibility index (Phi) is 6.49. The van der Waals surface area contributed by atoms with Crippen LogP contribution in [0, 0.1) is 11.3 Å². The van der Waals surface area contributed by atoms with E-state index in [1.165, 1.54) is 14.2 Å². The van der Waals surface area contributed by atoms with Gasteiger partial charge in [0.05, 0.1) is 40.1 Å². The van der Waals surface area contributed by atoms with Crippen molar-refractivity contribution in [1.29, 1.82) is 0 Å². The van der Waals surface area contributed by atoms with Gasteiger partial charge in [0.25, 0.3) is 0 Å². The van der Waals surface area contributed by atoms with Crippen LogP contribution in [0.3, 0.4) is 0 Å². The number of likely N-dealkylation sites (tertiary alicyclic amines) is 1. The highest BCUT2D eigenvalue weighted by Gasteiger charge is 2.56. The summed E-state index contributed by atoms with van der Waals surface area (Å²) in [6.07, 6.45) is 0. The number of rotatable bonds is 5. The fourth-order valence-corrected chi connectivity index (χ4v) is 3.84. The van der Waals surface area contributed by atoms with Crippen molar-refractivity contribution in [2.75, 3.05) is 47.6 Å². The molecular weight excluding hydrogens is 362 g/mol. The molecule has 26 heavy (non-hydrogen) atoms. The third-order valence-electron chi connectivity index (χ3n) is 5.13. The second kappa shape index (κ2) is 8.24. The Morgan fingerprint density at radius 1 is 1.27 bits per heavy atom. The quantitative estimate of drug-likeness (QED) is 0.711. The molecule has 0 unspecified atom stereocenters. The van der Waals surface area contributed by atoms with Crippen LogP contribution in [0.15, 0.2) is 18.2 Å². The fraction of sp³-hybridized carbons (Fsp3) is 0.556. The van der Waals surface area contributed by atoms with E-state index in [4.69, 9.17) is 18.9 Å². The molecule has 0 aliphatic carbocycles. The molecule has 7 nitrogen and oxygen atoms in total. The molecule has 1 aromatic rings. The lowest BCUT2D eigenvalue weighted by atomic mass is 9.81. The van der Waals surface area contributed by atoms with Crippen LogP contribution < -0.4 is 4.74 Å². The summed E-state index contributed by atoms with van der Waals surface area (Å²) in [5.74, 6) is 0.220. The second-order valence-electron chi connectivity index (χ2n) is 6.55. The van der Waals surface area contributed by atoms with Gasteiger partial charge >= 0.3 is 11.9 Å². The lowest BCUT2D eigenvalue weighted by molar-refractivity contribution is -0.153. The molecule has 2 aliphatic heterocycles. The molecule has 2 heterocycles. The minimum absolute atomic E-state index is 0. The molecule has 2 saturated heterocycles. The van der Waals surface area contributed by atoms with E-state index in [1.54, 1.807) is 25.3 Å². The van der Waals surface area contributed by atoms with Crippen molar-refractivity contribution in [2.45, 2.75) is 6.54 Å². The van der Waals surface area contributed by atoms with Gasteiger partial charge in [-0.3, -0.25) is 9.69 Å². The maximum absolute atomic E-state index is 12.3. The van der Waals surface area contributed by atoms with Gasteiger partial charge in [-0.1, -0.05) is 0 Å². The van der Waals surface area contributed by atoms with Gasteiger partial charge < -0.3 is 18.9 Å². The summed E-state index contributed by atoms with van der Waals surface area (Å²) in [5, 5.41) is 0. The highest BCUT2D eigenvalue weighted by atomic mass is 35.5. The SMILES string of the molecule is COC(=O)c1ccc(OC)c(CN2C[C@H]3COC[C@@]3(C(=O)OC)C2)c1.Cl. The van der Waals surface area contributed by atoms with Gasteiger partial charge in [-0.25, -0.2) is 4.79 Å². The van der Waals surface area contributed by atoms with Gasteiger partial charge in [-0.05, 0) is 18.2 Å². The zero-order valence-electron chi connectivity index (χ0n) is 15.1. The molecule has 0 N–H and O–H groups in total. The number of carbonyl (C=O) groups excluding carboxylic acids is 2. The largest absolute Gasteiger partial charge is 0.496 e. The number of halogens is 1. The number of hydrogen-bond donors (Lipinski definition) is 0. The first kappa shape index (κ1) is 20.5. The molecule has 2 fully saturated rings. The van der Waals surface area contributed by atoms with Gasteiger partial charge in [0.2, 0.25) is 0 Å². The van der Waals surface area contributed by atoms with Crippen LogP contribution >= 0.6 is 12.4 Å². The van der Waals surface area contributed by atoms with Crippen molar-refractivity contribution < 1.29 is 28.5 Å². The van der Waals surface area contributed by atoms with E-state index >= 15 is 0 Å². The van der Waals surface area contributed by atoms with Crippen molar-refractivity contribution >= 4 is 24.3 Å². The fourth-order valence-electron chi connectivity index (χ4n) is 3.84. The maximum Gasteiger partial charge on any atom is 0.337 e. The van der Waals surface area contributed by atoms with Gasteiger partial charge in [-0.15, -0.1) is 12.4 Å². The van der Waals surface area contributed by atoms with Crippen LogP contribution in [0.4, 0.5) is 0 Å². The monoisotopic (exact) mass is 385 g/mol. The average Bonchev–Trinajstić information content (AvgIpc) is 3.18. The summed E-state index contributed by atoms with van der Waals surface area (Å²) in [6.45, 7) is 2.82. The van der Waals surface area contributed by atoms with E-state index in [0.717, 1.165) is 12.1 Å². The third kappa shape index (κ3) is 3.51. The first-order chi connectivity index (χ1) is 12.0. The molecule has 0 bridgehead atoms. The number of hydrogen-bond acceptors (Lipinski definition) is 7. The standard InChI is InChI=1S/C18H23NO6.ClH/c1-22-15-5-4-12(16(20)23-2)6-13(15)7-19-8-14-9-25-11-18(14,10-19)17(21)24-3;/h4-6,14H,7-11H2,1-3H3;1H/t14-,18-;/m0./s1. The molecule has 1 aromatic carbocycles. The van der Waals surface area contributed by atoms with Crippen molar-refractivity contribution in [3.05, 3.63) is 29.3 Å². The first-order valence-corrected chi connectivity index (χ1v) is 8.18. The van der Waals surface area contributed by atoms with E-state index < -0.39 is 5.41 Å². The van der Waals surface area contributed by atoms with Crippen molar-refractivity contribution in [3.8, 4) is 5.75 Å². The topological polar surface area (TPSA) is 74.3 Å². The molecule has 8 heteroatoms. The summed E-state index contributed by atoms with van der Waals surface area (Å²) < 4.78 is 20.8. The Morgan fingerprint density at radius 2 is 2.04 bits per heavy atom. The van der Waals surface area contributed by atoms with E-state index in [9.17, 15) is 9.59 Å². The van der Waals surface area contributed by atoms with Crippen LogP contribution in [0.5, 0.6) is 5.75 Å². The van der Waals surface area contributed by atoms with Crippen LogP contribution in [0.25, 0.3) is 0 Å². The van der Waals surface area contributed by atoms with Crippen LogP contribution in [-0.2, 0) is 25.5 Å². The minimum Gasteiger partial charge on any atom is -0.496 e. The molecular formula is C18H24ClNO6. The van der Waals surface area contributed by atoms with Crippen LogP contribution in [-0.4, -0.2) is 64.5 Å². The molecule has 144 valence electrons. The zero-order valence-corrected chi connectivity index (χ0v) is 16.0. The summed E-state index contributed by atoms with van der Waals surface area (Å²) in [4.78, 5) is 26.3. The molecule has 2 atom stereocenters. The third-order valence-corrected chi connectivity index (χ3v) is 5.13. The number of benzene rings is 1. The Morgan fingerprint density at radius 3 is 2.69 bits per heavy atom. The maximum atomic E-state index is 12.3. The number of fused-ring (bicyclic) bond motifs is 1. The minimum atomic E-state index is -0.595. The molecule has 2 aliphatic rings. The molecule has 0 radical (unpaired) electrons. The summed E-state index contributed by atoms with van der Waals surface area (Å²) in [5.41, 5.74) is 0.761. The Bertz CT molecular complexity index is 682. The van der Waals surface area contributed by atoms with Crippen molar-refractivity contribution in [3.63, 3.8) is 0 Å². The van der Waals surface area contributed by atoms with Crippen LogP contribution in [0.1, 0.15) is 15.9 Å². The van der Waals surface area contributed by atoms with E-state index in [-0.39, 0.29) is 30.3 Å². The highest BCUT2D eigenvalue weighted by molar-refractivity contribution is 5.89. The predicted molar refractivity (Wildman–Crippen MR) is 95.6 cm³/mol. The van der Waals surface area contributed by atoms with Crippen molar-refractivity contribution in [2.24, 2.45) is 11.3 Å². The first-order valence-electron chi connectivity index (χ1n) is 8.18. The van der Waals surface area contributed by atoms with Gasteiger partial charge in [-0.2, -0.15) is 0 Å². The Labute approximate surface area is 158 Å². The second-order valence-corrected chi connectivity index (χ2v) is 6.55. The summed E-state index contributed by atoms with van der Waals surface area (Å²) in [6, 6.07) is 5.22. The van der Waals surface area contributed by atoms with E-state index in [2.05, 4.69) is 4.90 Å². The smallest absolute Gasteiger partial charge is 0.337 e. The molecule has 0 saturated carbocycles. The van der Waals surface area contributed by atoms with Gasteiger partial charge in [0.15, 0.2) is 0 Å².